The van der Waals surface area contributed by atoms with E-state index in [4.69, 9.17) is 9.47 Å². The van der Waals surface area contributed by atoms with E-state index >= 15 is 0 Å². The molecule has 0 radical (unpaired) electrons. The van der Waals surface area contributed by atoms with Gasteiger partial charge in [0.1, 0.15) is 5.75 Å². The van der Waals surface area contributed by atoms with E-state index in [0.29, 0.717) is 32.5 Å². The number of amides is 1. The number of piperidine rings is 1. The predicted octanol–water partition coefficient (Wildman–Crippen LogP) is 1.21. The molecule has 2 fully saturated rings. The highest BCUT2D eigenvalue weighted by atomic mass is 16.5. The largest absolute Gasteiger partial charge is 0.497 e. The fourth-order valence-corrected chi connectivity index (χ4v) is 4.24. The van der Waals surface area contributed by atoms with Gasteiger partial charge >= 0.3 is 0 Å². The number of rotatable bonds is 5. The number of β-amino-alcohol motifs (C(OH)–C–C–N with tert-alkyl or cyclic N) is 1. The average molecular weight is 392 g/mol. The molecule has 1 amide bonds. The van der Waals surface area contributed by atoms with E-state index in [1.165, 1.54) is 0 Å². The second-order valence-electron chi connectivity index (χ2n) is 8.40. The van der Waals surface area contributed by atoms with Crippen LogP contribution in [0.15, 0.2) is 24.3 Å². The molecule has 2 aliphatic heterocycles. The summed E-state index contributed by atoms with van der Waals surface area (Å²) in [6.45, 7) is 5.78. The second-order valence-corrected chi connectivity index (χ2v) is 8.40. The summed E-state index contributed by atoms with van der Waals surface area (Å²) in [5, 5.41) is 11.2. The number of carbonyl (C=O) groups excluding carboxylic acids is 1. The Labute approximate surface area is 167 Å². The molecule has 1 atom stereocenters. The van der Waals surface area contributed by atoms with E-state index in [2.05, 4.69) is 21.9 Å². The first-order chi connectivity index (χ1) is 13.2. The summed E-state index contributed by atoms with van der Waals surface area (Å²) in [5.41, 5.74) is -0.428. The van der Waals surface area contributed by atoms with Crippen LogP contribution in [0.5, 0.6) is 5.75 Å². The third-order valence-corrected chi connectivity index (χ3v) is 5.86. The summed E-state index contributed by atoms with van der Waals surface area (Å²) >= 11 is 0. The summed E-state index contributed by atoms with van der Waals surface area (Å²) in [6, 6.07) is 8.05. The standard InChI is InChI=1S/C21H33N3O4/c1-20(19(25)22(2)3)15-23(13-14-28-20)16-21(26)9-11-24(12-10-21)17-5-7-18(27-4)8-6-17/h5-8,26H,9-16H2,1-4H3. The van der Waals surface area contributed by atoms with Gasteiger partial charge in [0.15, 0.2) is 5.60 Å². The van der Waals surface area contributed by atoms with Gasteiger partial charge in [-0.1, -0.05) is 0 Å². The first kappa shape index (κ1) is 20.9. The number of anilines is 1. The van der Waals surface area contributed by atoms with Crippen LogP contribution >= 0.6 is 0 Å². The zero-order valence-electron chi connectivity index (χ0n) is 17.5. The lowest BCUT2D eigenvalue weighted by atomic mass is 9.89. The van der Waals surface area contributed by atoms with Crippen molar-refractivity contribution in [3.8, 4) is 5.75 Å². The summed E-state index contributed by atoms with van der Waals surface area (Å²) in [7, 11) is 5.16. The van der Waals surface area contributed by atoms with E-state index in [-0.39, 0.29) is 5.91 Å². The van der Waals surface area contributed by atoms with Crippen molar-refractivity contribution in [1.82, 2.24) is 9.80 Å². The molecule has 7 heteroatoms. The Hall–Kier alpha value is -1.83. The van der Waals surface area contributed by atoms with Gasteiger partial charge in [0.2, 0.25) is 0 Å². The zero-order valence-corrected chi connectivity index (χ0v) is 17.5. The van der Waals surface area contributed by atoms with E-state index in [0.717, 1.165) is 31.1 Å². The number of hydrogen-bond donors (Lipinski definition) is 1. The molecular weight excluding hydrogens is 358 g/mol. The maximum atomic E-state index is 12.5. The average Bonchev–Trinajstić information content (AvgIpc) is 2.68. The quantitative estimate of drug-likeness (QED) is 0.814. The van der Waals surface area contributed by atoms with Crippen LogP contribution in [0.4, 0.5) is 5.69 Å². The number of carbonyl (C=O) groups is 1. The van der Waals surface area contributed by atoms with E-state index in [1.54, 1.807) is 26.1 Å². The zero-order chi connectivity index (χ0) is 20.4. The van der Waals surface area contributed by atoms with Gasteiger partial charge in [-0.2, -0.15) is 0 Å². The highest BCUT2D eigenvalue weighted by Gasteiger charge is 2.43. The van der Waals surface area contributed by atoms with Crippen molar-refractivity contribution < 1.29 is 19.4 Å². The number of morpholine rings is 1. The van der Waals surface area contributed by atoms with Gasteiger partial charge in [0, 0.05) is 52.5 Å². The second kappa shape index (κ2) is 8.27. The maximum absolute atomic E-state index is 12.5. The molecule has 1 aromatic carbocycles. The third-order valence-electron chi connectivity index (χ3n) is 5.86. The molecule has 0 saturated carbocycles. The van der Waals surface area contributed by atoms with Crippen LogP contribution in [0.3, 0.4) is 0 Å². The molecule has 1 unspecified atom stereocenters. The fourth-order valence-electron chi connectivity index (χ4n) is 4.24. The lowest BCUT2D eigenvalue weighted by Crippen LogP contribution is -2.61. The Kier molecular flexibility index (Phi) is 6.17. The minimum atomic E-state index is -0.845. The van der Waals surface area contributed by atoms with Crippen LogP contribution in [0.1, 0.15) is 19.8 Å². The first-order valence-corrected chi connectivity index (χ1v) is 9.94. The SMILES string of the molecule is COc1ccc(N2CCC(O)(CN3CCOC(C)(C(=O)N(C)C)C3)CC2)cc1. The van der Waals surface area contributed by atoms with Gasteiger partial charge in [-0.3, -0.25) is 9.69 Å². The molecule has 3 rings (SSSR count). The van der Waals surface area contributed by atoms with E-state index < -0.39 is 11.2 Å². The number of methoxy groups -OCH3 is 1. The lowest BCUT2D eigenvalue weighted by Gasteiger charge is -2.45. The van der Waals surface area contributed by atoms with Crippen molar-refractivity contribution in [2.45, 2.75) is 31.0 Å². The molecule has 28 heavy (non-hydrogen) atoms. The van der Waals surface area contributed by atoms with Crippen molar-refractivity contribution in [3.63, 3.8) is 0 Å². The number of ether oxygens (including phenoxy) is 2. The predicted molar refractivity (Wildman–Crippen MR) is 109 cm³/mol. The van der Waals surface area contributed by atoms with Gasteiger partial charge in [-0.15, -0.1) is 0 Å². The number of nitrogens with zero attached hydrogens (tertiary/aromatic N) is 3. The van der Waals surface area contributed by atoms with Crippen LogP contribution < -0.4 is 9.64 Å². The third kappa shape index (κ3) is 4.59. The summed E-state index contributed by atoms with van der Waals surface area (Å²) in [4.78, 5) is 18.5. The maximum Gasteiger partial charge on any atom is 0.255 e. The Bertz CT molecular complexity index is 671. The molecule has 0 bridgehead atoms. The molecule has 2 aliphatic rings. The van der Waals surface area contributed by atoms with Crippen molar-refractivity contribution in [2.24, 2.45) is 0 Å². The minimum absolute atomic E-state index is 0.0292. The smallest absolute Gasteiger partial charge is 0.255 e. The van der Waals surface area contributed by atoms with Gasteiger partial charge < -0.3 is 24.4 Å². The first-order valence-electron chi connectivity index (χ1n) is 9.94. The lowest BCUT2D eigenvalue weighted by molar-refractivity contribution is -0.168. The Balaban J connectivity index is 1.57. The van der Waals surface area contributed by atoms with Crippen LogP contribution in [-0.2, 0) is 9.53 Å². The molecule has 2 heterocycles. The molecule has 1 aromatic rings. The van der Waals surface area contributed by atoms with Crippen molar-refractivity contribution >= 4 is 11.6 Å². The highest BCUT2D eigenvalue weighted by molar-refractivity contribution is 5.84. The molecule has 156 valence electrons. The Morgan fingerprint density at radius 3 is 2.43 bits per heavy atom. The molecule has 0 spiro atoms. The molecule has 0 aliphatic carbocycles. The van der Waals surface area contributed by atoms with Crippen molar-refractivity contribution in [2.75, 3.05) is 65.4 Å². The molecule has 1 N–H and O–H groups in total. The van der Waals surface area contributed by atoms with Gasteiger partial charge in [0.05, 0.1) is 19.3 Å². The number of benzene rings is 1. The fraction of sp³-hybridized carbons (Fsp3) is 0.667. The molecular formula is C21H33N3O4. The minimum Gasteiger partial charge on any atom is -0.497 e. The Morgan fingerprint density at radius 2 is 1.86 bits per heavy atom. The summed E-state index contributed by atoms with van der Waals surface area (Å²) in [6.07, 6.45) is 1.41. The van der Waals surface area contributed by atoms with Crippen LogP contribution in [0, 0.1) is 0 Å². The topological polar surface area (TPSA) is 65.5 Å². The van der Waals surface area contributed by atoms with Gasteiger partial charge in [0.25, 0.3) is 5.91 Å². The van der Waals surface area contributed by atoms with Crippen molar-refractivity contribution in [1.29, 1.82) is 0 Å². The van der Waals surface area contributed by atoms with Crippen molar-refractivity contribution in [3.05, 3.63) is 24.3 Å². The summed E-state index contributed by atoms with van der Waals surface area (Å²) in [5.74, 6) is 0.818. The summed E-state index contributed by atoms with van der Waals surface area (Å²) < 4.78 is 11.0. The number of aliphatic hydroxyl groups is 1. The Morgan fingerprint density at radius 1 is 1.21 bits per heavy atom. The highest BCUT2D eigenvalue weighted by Crippen LogP contribution is 2.30. The normalized spacial score (nSPS) is 25.4. The molecule has 2 saturated heterocycles. The van der Waals surface area contributed by atoms with Crippen LogP contribution in [0.2, 0.25) is 0 Å². The van der Waals surface area contributed by atoms with E-state index in [1.807, 2.05) is 19.1 Å². The number of likely N-dealkylation sites (N-methyl/N-ethyl adjacent to an activating group) is 1. The molecule has 0 aromatic heterocycles. The monoisotopic (exact) mass is 391 g/mol. The molecule has 7 nitrogen and oxygen atoms in total. The van der Waals surface area contributed by atoms with Crippen LogP contribution in [0.25, 0.3) is 0 Å². The number of hydrogen-bond acceptors (Lipinski definition) is 6. The van der Waals surface area contributed by atoms with Crippen LogP contribution in [-0.4, -0.2) is 92.6 Å². The van der Waals surface area contributed by atoms with Gasteiger partial charge in [-0.05, 0) is 44.0 Å². The van der Waals surface area contributed by atoms with E-state index in [9.17, 15) is 9.90 Å². The van der Waals surface area contributed by atoms with Gasteiger partial charge in [-0.25, -0.2) is 0 Å².